The highest BCUT2D eigenvalue weighted by molar-refractivity contribution is 5.94. The quantitative estimate of drug-likeness (QED) is 0.443. The maximum absolute atomic E-state index is 12.9. The zero-order valence-electron chi connectivity index (χ0n) is 15.6. The molecular weight excluding hydrogens is 308 g/mol. The first-order valence-electron chi connectivity index (χ1n) is 9.25. The molecule has 0 radical (unpaired) electrons. The van der Waals surface area contributed by atoms with Gasteiger partial charge in [-0.2, -0.15) is 0 Å². The number of carbonyl (C=O) groups is 1. The average molecular weight is 338 g/mol. The number of nitrogens with zero attached hydrogens (tertiary/aromatic N) is 2. The monoisotopic (exact) mass is 338 g/mol. The van der Waals surface area contributed by atoms with Gasteiger partial charge in [0.15, 0.2) is 0 Å². The molecule has 25 heavy (non-hydrogen) atoms. The number of carbonyl (C=O) groups excluding carboxylic acids is 1. The van der Waals surface area contributed by atoms with Gasteiger partial charge in [0.25, 0.3) is 5.91 Å². The Balaban J connectivity index is 2.00. The van der Waals surface area contributed by atoms with Gasteiger partial charge in [0.1, 0.15) is 0 Å². The van der Waals surface area contributed by atoms with Gasteiger partial charge in [-0.05, 0) is 42.7 Å². The molecule has 0 aliphatic heterocycles. The predicted molar refractivity (Wildman–Crippen MR) is 105 cm³/mol. The van der Waals surface area contributed by atoms with Crippen molar-refractivity contribution >= 4 is 5.91 Å². The molecule has 0 aliphatic rings. The summed E-state index contributed by atoms with van der Waals surface area (Å²) in [4.78, 5) is 14.7. The second kappa shape index (κ2) is 9.87. The third kappa shape index (κ3) is 5.63. The minimum absolute atomic E-state index is 0.0543. The van der Waals surface area contributed by atoms with Crippen molar-refractivity contribution in [2.24, 2.45) is 7.05 Å². The number of benzene rings is 1. The van der Waals surface area contributed by atoms with Crippen LogP contribution in [0.3, 0.4) is 0 Å². The highest BCUT2D eigenvalue weighted by Crippen LogP contribution is 2.14. The Morgan fingerprint density at radius 3 is 2.52 bits per heavy atom. The summed E-state index contributed by atoms with van der Waals surface area (Å²) in [5.41, 5.74) is 3.17. The predicted octanol–water partition coefficient (Wildman–Crippen LogP) is 4.98. The summed E-state index contributed by atoms with van der Waals surface area (Å²) in [6.07, 6.45) is 9.93. The van der Waals surface area contributed by atoms with Crippen LogP contribution >= 0.6 is 0 Å². The van der Waals surface area contributed by atoms with Gasteiger partial charge in [0.05, 0.1) is 6.54 Å². The number of hydrogen-bond acceptors (Lipinski definition) is 1. The summed E-state index contributed by atoms with van der Waals surface area (Å²) >= 11 is 0. The van der Waals surface area contributed by atoms with Crippen molar-refractivity contribution in [1.29, 1.82) is 0 Å². The van der Waals surface area contributed by atoms with Crippen molar-refractivity contribution in [3.8, 4) is 0 Å². The van der Waals surface area contributed by atoms with Gasteiger partial charge in [0, 0.05) is 31.0 Å². The number of aromatic nitrogens is 1. The molecule has 0 aliphatic carbocycles. The second-order valence-corrected chi connectivity index (χ2v) is 6.59. The Labute approximate surface area is 152 Å². The van der Waals surface area contributed by atoms with E-state index in [0.29, 0.717) is 13.1 Å². The van der Waals surface area contributed by atoms with E-state index in [1.807, 2.05) is 47.0 Å². The molecule has 134 valence electrons. The molecule has 1 aromatic carbocycles. The van der Waals surface area contributed by atoms with Crippen molar-refractivity contribution in [1.82, 2.24) is 9.47 Å². The topological polar surface area (TPSA) is 25.2 Å². The molecule has 1 heterocycles. The Kier molecular flexibility index (Phi) is 7.52. The van der Waals surface area contributed by atoms with E-state index in [2.05, 4.69) is 25.6 Å². The van der Waals surface area contributed by atoms with Crippen molar-refractivity contribution in [2.45, 2.75) is 45.6 Å². The summed E-state index contributed by atoms with van der Waals surface area (Å²) in [5, 5.41) is 0. The second-order valence-electron chi connectivity index (χ2n) is 6.59. The van der Waals surface area contributed by atoms with E-state index < -0.39 is 0 Å². The summed E-state index contributed by atoms with van der Waals surface area (Å²) in [7, 11) is 2.00. The summed E-state index contributed by atoms with van der Waals surface area (Å²) in [6, 6.07) is 12.1. The van der Waals surface area contributed by atoms with E-state index in [9.17, 15) is 4.79 Å². The van der Waals surface area contributed by atoms with Gasteiger partial charge in [0.2, 0.25) is 0 Å². The summed E-state index contributed by atoms with van der Waals surface area (Å²) in [6.45, 7) is 7.15. The lowest BCUT2D eigenvalue weighted by Crippen LogP contribution is -2.31. The summed E-state index contributed by atoms with van der Waals surface area (Å²) < 4.78 is 2.04. The van der Waals surface area contributed by atoms with Crippen LogP contribution in [0, 0.1) is 0 Å². The fourth-order valence-electron chi connectivity index (χ4n) is 2.98. The van der Waals surface area contributed by atoms with Gasteiger partial charge in [-0.15, -0.1) is 6.58 Å². The lowest BCUT2D eigenvalue weighted by molar-refractivity contribution is 0.0759. The van der Waals surface area contributed by atoms with Crippen molar-refractivity contribution in [2.75, 3.05) is 6.54 Å². The largest absolute Gasteiger partial charge is 0.353 e. The van der Waals surface area contributed by atoms with E-state index in [4.69, 9.17) is 0 Å². The van der Waals surface area contributed by atoms with Crippen LogP contribution in [0.2, 0.25) is 0 Å². The van der Waals surface area contributed by atoms with Gasteiger partial charge < -0.3 is 9.47 Å². The molecule has 3 nitrogen and oxygen atoms in total. The van der Waals surface area contributed by atoms with E-state index in [1.54, 1.807) is 6.08 Å². The molecule has 3 heteroatoms. The molecule has 0 saturated carbocycles. The van der Waals surface area contributed by atoms with Crippen LogP contribution in [0.1, 0.15) is 54.2 Å². The van der Waals surface area contributed by atoms with Crippen LogP contribution in [0.25, 0.3) is 0 Å². The molecule has 0 unspecified atom stereocenters. The first kappa shape index (κ1) is 19.0. The van der Waals surface area contributed by atoms with Crippen LogP contribution in [-0.4, -0.2) is 21.9 Å². The lowest BCUT2D eigenvalue weighted by Gasteiger charge is -2.21. The maximum atomic E-state index is 12.9. The number of rotatable bonds is 10. The van der Waals surface area contributed by atoms with Crippen molar-refractivity contribution in [3.05, 3.63) is 72.1 Å². The zero-order valence-corrected chi connectivity index (χ0v) is 15.6. The fraction of sp³-hybridized carbons (Fsp3) is 0.409. The Hall–Kier alpha value is -2.29. The number of amides is 1. The molecule has 0 atom stereocenters. The van der Waals surface area contributed by atoms with Gasteiger partial charge in [-0.25, -0.2) is 0 Å². The molecule has 2 aromatic rings. The highest BCUT2D eigenvalue weighted by Gasteiger charge is 2.16. The van der Waals surface area contributed by atoms with Crippen molar-refractivity contribution in [3.63, 3.8) is 0 Å². The lowest BCUT2D eigenvalue weighted by atomic mass is 10.0. The van der Waals surface area contributed by atoms with E-state index in [1.165, 1.54) is 31.2 Å². The smallest absolute Gasteiger partial charge is 0.254 e. The molecule has 0 spiro atoms. The molecule has 0 fully saturated rings. The van der Waals surface area contributed by atoms with E-state index >= 15 is 0 Å². The standard InChI is InChI=1S/C22H30N2O/c1-4-6-7-8-10-19-12-14-20(15-13-19)22(25)24(16-5-2)18-21-11-9-17-23(21)3/h5,9,11-15,17H,2,4,6-8,10,16,18H2,1,3H3. The minimum atomic E-state index is 0.0543. The van der Waals surface area contributed by atoms with Gasteiger partial charge >= 0.3 is 0 Å². The van der Waals surface area contributed by atoms with Gasteiger partial charge in [-0.1, -0.05) is 44.4 Å². The molecule has 1 amide bonds. The van der Waals surface area contributed by atoms with Crippen molar-refractivity contribution < 1.29 is 4.79 Å². The Bertz CT molecular complexity index is 670. The number of unbranched alkanes of at least 4 members (excludes halogenated alkanes) is 3. The molecular formula is C22H30N2O. The van der Waals surface area contributed by atoms with Crippen LogP contribution in [0.5, 0.6) is 0 Å². The zero-order chi connectivity index (χ0) is 18.1. The number of aryl methyl sites for hydroxylation is 2. The Morgan fingerprint density at radius 1 is 1.16 bits per heavy atom. The normalized spacial score (nSPS) is 10.6. The summed E-state index contributed by atoms with van der Waals surface area (Å²) in [5.74, 6) is 0.0543. The first-order valence-corrected chi connectivity index (χ1v) is 9.25. The number of hydrogen-bond donors (Lipinski definition) is 0. The Morgan fingerprint density at radius 2 is 1.92 bits per heavy atom. The molecule has 0 N–H and O–H groups in total. The molecule has 0 saturated heterocycles. The van der Waals surface area contributed by atoms with Crippen LogP contribution in [-0.2, 0) is 20.0 Å². The fourth-order valence-corrected chi connectivity index (χ4v) is 2.98. The van der Waals surface area contributed by atoms with Crippen LogP contribution in [0.15, 0.2) is 55.3 Å². The third-order valence-electron chi connectivity index (χ3n) is 4.56. The van der Waals surface area contributed by atoms with Gasteiger partial charge in [-0.3, -0.25) is 4.79 Å². The van der Waals surface area contributed by atoms with E-state index in [0.717, 1.165) is 17.7 Å². The third-order valence-corrected chi connectivity index (χ3v) is 4.56. The highest BCUT2D eigenvalue weighted by atomic mass is 16.2. The van der Waals surface area contributed by atoms with E-state index in [-0.39, 0.29) is 5.91 Å². The average Bonchev–Trinajstić information content (AvgIpc) is 3.03. The molecule has 0 bridgehead atoms. The minimum Gasteiger partial charge on any atom is -0.353 e. The van der Waals surface area contributed by atoms with Crippen LogP contribution in [0.4, 0.5) is 0 Å². The van der Waals surface area contributed by atoms with Crippen LogP contribution < -0.4 is 0 Å². The molecule has 1 aromatic heterocycles. The first-order chi connectivity index (χ1) is 12.2. The maximum Gasteiger partial charge on any atom is 0.254 e. The molecule has 2 rings (SSSR count). The SMILES string of the molecule is C=CCN(Cc1cccn1C)C(=O)c1ccc(CCCCCC)cc1.